The van der Waals surface area contributed by atoms with Gasteiger partial charge in [-0.25, -0.2) is 0 Å². The minimum atomic E-state index is -3.40. The van der Waals surface area contributed by atoms with Gasteiger partial charge in [0.1, 0.15) is 5.66 Å². The maximum absolute atomic E-state index is 12.9. The van der Waals surface area contributed by atoms with Crippen molar-refractivity contribution in [2.75, 3.05) is 13.2 Å². The molecule has 0 saturated carbocycles. The third kappa shape index (κ3) is 4.29. The number of hydrogen-bond donors (Lipinski definition) is 1. The Balaban J connectivity index is 3.11. The molecule has 0 saturated heterocycles. The first-order valence-corrected chi connectivity index (χ1v) is 8.44. The van der Waals surface area contributed by atoms with Gasteiger partial charge >= 0.3 is 7.60 Å². The van der Waals surface area contributed by atoms with Gasteiger partial charge in [-0.3, -0.25) is 4.57 Å². The minimum Gasteiger partial charge on any atom is -0.387 e. The van der Waals surface area contributed by atoms with E-state index in [1.165, 1.54) is 0 Å². The van der Waals surface area contributed by atoms with Crippen LogP contribution >= 0.6 is 7.60 Å². The Morgan fingerprint density at radius 2 is 1.75 bits per heavy atom. The zero-order valence-corrected chi connectivity index (χ0v) is 13.1. The van der Waals surface area contributed by atoms with Crippen molar-refractivity contribution >= 4 is 7.60 Å². The molecule has 0 amide bonds. The van der Waals surface area contributed by atoms with Crippen LogP contribution in [0.25, 0.3) is 0 Å². The van der Waals surface area contributed by atoms with Crippen LogP contribution in [-0.2, 0) is 13.6 Å². The lowest BCUT2D eigenvalue weighted by Gasteiger charge is -2.28. The maximum atomic E-state index is 12.9. The van der Waals surface area contributed by atoms with Crippen LogP contribution in [0.15, 0.2) is 42.5 Å². The molecular weight excluding hydrogens is 275 g/mol. The lowest BCUT2D eigenvalue weighted by Crippen LogP contribution is -2.20. The van der Waals surface area contributed by atoms with Crippen molar-refractivity contribution < 1.29 is 18.7 Å². The average molecular weight is 298 g/mol. The molecule has 0 spiro atoms. The first kappa shape index (κ1) is 17.1. The van der Waals surface area contributed by atoms with E-state index in [0.717, 1.165) is 0 Å². The van der Waals surface area contributed by atoms with Crippen LogP contribution in [0.5, 0.6) is 0 Å². The highest BCUT2D eigenvalue weighted by molar-refractivity contribution is 7.54. The molecule has 1 aromatic rings. The second-order valence-electron chi connectivity index (χ2n) is 4.25. The van der Waals surface area contributed by atoms with Gasteiger partial charge in [0.25, 0.3) is 0 Å². The number of benzene rings is 1. The lowest BCUT2D eigenvalue weighted by atomic mass is 10.1. The van der Waals surface area contributed by atoms with Crippen LogP contribution in [0.3, 0.4) is 0 Å². The van der Waals surface area contributed by atoms with Crippen molar-refractivity contribution in [3.63, 3.8) is 0 Å². The van der Waals surface area contributed by atoms with Gasteiger partial charge in [0.15, 0.2) is 0 Å². The van der Waals surface area contributed by atoms with Crippen molar-refractivity contribution in [3.05, 3.63) is 48.0 Å². The summed E-state index contributed by atoms with van der Waals surface area (Å²) in [5.74, 6) is 0. The number of allylic oxidation sites excluding steroid dienone is 1. The highest BCUT2D eigenvalue weighted by Crippen LogP contribution is 2.57. The van der Waals surface area contributed by atoms with Crippen molar-refractivity contribution in [2.45, 2.75) is 32.5 Å². The molecule has 0 aliphatic rings. The fourth-order valence-electron chi connectivity index (χ4n) is 2.00. The molecule has 0 radical (unpaired) electrons. The molecule has 0 aliphatic carbocycles. The molecule has 0 unspecified atom stereocenters. The molecule has 112 valence electrons. The molecule has 5 heteroatoms. The van der Waals surface area contributed by atoms with E-state index in [1.807, 2.05) is 25.1 Å². The summed E-state index contributed by atoms with van der Waals surface area (Å²) < 4.78 is 23.6. The molecule has 1 rings (SSSR count). The van der Waals surface area contributed by atoms with E-state index in [1.54, 1.807) is 38.1 Å². The second-order valence-corrected chi connectivity index (χ2v) is 6.44. The Kier molecular flexibility index (Phi) is 7.17. The molecule has 1 aromatic carbocycles. The summed E-state index contributed by atoms with van der Waals surface area (Å²) in [4.78, 5) is 0. The molecule has 2 atom stereocenters. The van der Waals surface area contributed by atoms with Crippen molar-refractivity contribution in [1.82, 2.24) is 0 Å². The van der Waals surface area contributed by atoms with Gasteiger partial charge in [-0.05, 0) is 26.3 Å². The molecule has 0 aromatic heterocycles. The van der Waals surface area contributed by atoms with Crippen LogP contribution in [0.1, 0.15) is 32.4 Å². The molecule has 0 heterocycles. The van der Waals surface area contributed by atoms with E-state index < -0.39 is 19.4 Å². The maximum Gasteiger partial charge on any atom is 0.340 e. The molecule has 20 heavy (non-hydrogen) atoms. The van der Waals surface area contributed by atoms with E-state index in [9.17, 15) is 9.67 Å². The normalized spacial score (nSPS) is 15.4. The number of aliphatic hydroxyl groups is 1. The summed E-state index contributed by atoms with van der Waals surface area (Å²) in [5.41, 5.74) is -0.0231. The fraction of sp³-hybridized carbons (Fsp3) is 0.467. The number of rotatable bonds is 8. The lowest BCUT2D eigenvalue weighted by molar-refractivity contribution is 0.152. The van der Waals surface area contributed by atoms with Crippen LogP contribution < -0.4 is 0 Å². The van der Waals surface area contributed by atoms with Gasteiger partial charge < -0.3 is 14.2 Å². The van der Waals surface area contributed by atoms with Gasteiger partial charge in [0.2, 0.25) is 0 Å². The molecular formula is C15H23O4P. The Labute approximate surface area is 121 Å². The zero-order chi connectivity index (χ0) is 15.0. The van der Waals surface area contributed by atoms with Gasteiger partial charge in [-0.2, -0.15) is 0 Å². The monoisotopic (exact) mass is 298 g/mol. The van der Waals surface area contributed by atoms with Crippen LogP contribution in [0.4, 0.5) is 0 Å². The van der Waals surface area contributed by atoms with Crippen molar-refractivity contribution in [1.29, 1.82) is 0 Å². The van der Waals surface area contributed by atoms with E-state index >= 15 is 0 Å². The summed E-state index contributed by atoms with van der Waals surface area (Å²) in [5, 5.41) is 10.5. The van der Waals surface area contributed by atoms with Crippen LogP contribution in [0.2, 0.25) is 0 Å². The molecule has 0 bridgehead atoms. The highest BCUT2D eigenvalue weighted by Gasteiger charge is 2.39. The minimum absolute atomic E-state index is 0.271. The summed E-state index contributed by atoms with van der Waals surface area (Å²) >= 11 is 0. The Bertz CT molecular complexity index is 448. The summed E-state index contributed by atoms with van der Waals surface area (Å²) in [6.07, 6.45) is 2.50. The molecule has 4 nitrogen and oxygen atoms in total. The predicted molar refractivity (Wildman–Crippen MR) is 80.9 cm³/mol. The van der Waals surface area contributed by atoms with Gasteiger partial charge in [-0.1, -0.05) is 42.5 Å². The van der Waals surface area contributed by atoms with Gasteiger partial charge in [0.05, 0.1) is 19.3 Å². The summed E-state index contributed by atoms with van der Waals surface area (Å²) in [6, 6.07) is 9.12. The SMILES string of the molecule is C/C=C/[C@H]([C@@H](O)c1ccccc1)P(=O)(OCC)OCC. The van der Waals surface area contributed by atoms with E-state index in [0.29, 0.717) is 5.56 Å². The Hall–Kier alpha value is -0.930. The van der Waals surface area contributed by atoms with Crippen LogP contribution in [-0.4, -0.2) is 24.0 Å². The standard InChI is InChI=1S/C15H23O4P/c1-4-10-14(20(17,18-5-2)19-6-3)15(16)13-11-8-7-9-12-13/h4,7-12,14-16H,5-6H2,1-3H3/b10-4+/t14-,15+/m1/s1. The average Bonchev–Trinajstić information content (AvgIpc) is 2.45. The second kappa shape index (κ2) is 8.38. The zero-order valence-electron chi connectivity index (χ0n) is 12.2. The van der Waals surface area contributed by atoms with Crippen molar-refractivity contribution in [2.24, 2.45) is 0 Å². The molecule has 0 fully saturated rings. The predicted octanol–water partition coefficient (Wildman–Crippen LogP) is 3.93. The number of hydrogen-bond acceptors (Lipinski definition) is 4. The highest BCUT2D eigenvalue weighted by atomic mass is 31.2. The molecule has 0 aliphatic heterocycles. The quantitative estimate of drug-likeness (QED) is 0.583. The number of aliphatic hydroxyl groups excluding tert-OH is 1. The molecule has 1 N–H and O–H groups in total. The van der Waals surface area contributed by atoms with Crippen molar-refractivity contribution in [3.8, 4) is 0 Å². The Morgan fingerprint density at radius 1 is 1.20 bits per heavy atom. The van der Waals surface area contributed by atoms with Gasteiger partial charge in [-0.15, -0.1) is 0 Å². The fourth-order valence-corrected chi connectivity index (χ4v) is 4.04. The van der Waals surface area contributed by atoms with E-state index in [2.05, 4.69) is 0 Å². The first-order chi connectivity index (χ1) is 9.59. The van der Waals surface area contributed by atoms with E-state index in [-0.39, 0.29) is 13.2 Å². The third-order valence-corrected chi connectivity index (χ3v) is 5.26. The third-order valence-electron chi connectivity index (χ3n) is 2.84. The first-order valence-electron chi connectivity index (χ1n) is 6.83. The largest absolute Gasteiger partial charge is 0.387 e. The summed E-state index contributed by atoms with van der Waals surface area (Å²) in [7, 11) is -3.40. The van der Waals surface area contributed by atoms with Crippen LogP contribution in [0, 0.1) is 0 Å². The Morgan fingerprint density at radius 3 is 2.20 bits per heavy atom. The van der Waals surface area contributed by atoms with Gasteiger partial charge in [0, 0.05) is 0 Å². The summed E-state index contributed by atoms with van der Waals surface area (Å²) in [6.45, 7) is 5.87. The smallest absolute Gasteiger partial charge is 0.340 e. The van der Waals surface area contributed by atoms with E-state index in [4.69, 9.17) is 9.05 Å². The topological polar surface area (TPSA) is 55.8 Å².